The molecule has 6 heteroatoms. The number of nitrogens with two attached hydrogens (primary N) is 1. The molecule has 20 heavy (non-hydrogen) atoms. The van der Waals surface area contributed by atoms with Crippen LogP contribution in [0.2, 0.25) is 0 Å². The summed E-state index contributed by atoms with van der Waals surface area (Å²) in [6.45, 7) is 6.45. The molecule has 0 spiro atoms. The van der Waals surface area contributed by atoms with E-state index >= 15 is 0 Å². The smallest absolute Gasteiger partial charge is 0.194 e. The van der Waals surface area contributed by atoms with E-state index in [2.05, 4.69) is 36.1 Å². The molecule has 5 nitrogen and oxygen atoms in total. The van der Waals surface area contributed by atoms with Gasteiger partial charge < -0.3 is 15.8 Å². The highest BCUT2D eigenvalue weighted by Crippen LogP contribution is 2.48. The zero-order valence-corrected chi connectivity index (χ0v) is 14.7. The van der Waals surface area contributed by atoms with Gasteiger partial charge in [0.2, 0.25) is 0 Å². The van der Waals surface area contributed by atoms with Gasteiger partial charge in [0.15, 0.2) is 5.96 Å². The van der Waals surface area contributed by atoms with E-state index < -0.39 is 0 Å². The number of hydrogen-bond acceptors (Lipinski definition) is 3. The molecule has 3 N–H and O–H groups in total. The maximum Gasteiger partial charge on any atom is 0.194 e. The molecule has 1 saturated carbocycles. The Balaban J connectivity index is 0.00000200. The van der Waals surface area contributed by atoms with E-state index in [0.29, 0.717) is 17.7 Å². The van der Waals surface area contributed by atoms with Gasteiger partial charge in [-0.2, -0.15) is 0 Å². The summed E-state index contributed by atoms with van der Waals surface area (Å²) in [6.07, 6.45) is 1.94. The van der Waals surface area contributed by atoms with E-state index in [4.69, 9.17) is 10.5 Å². The number of ether oxygens (including phenoxy) is 1. The molecule has 3 unspecified atom stereocenters. The van der Waals surface area contributed by atoms with E-state index in [1.54, 1.807) is 13.3 Å². The van der Waals surface area contributed by atoms with Gasteiger partial charge in [0.1, 0.15) is 5.82 Å². The van der Waals surface area contributed by atoms with Crippen LogP contribution in [0.1, 0.15) is 20.8 Å². The summed E-state index contributed by atoms with van der Waals surface area (Å²) in [4.78, 5) is 8.73. The first kappa shape index (κ1) is 17.2. The number of rotatable bonds is 3. The first-order valence-electron chi connectivity index (χ1n) is 6.51. The van der Waals surface area contributed by atoms with Crippen LogP contribution in [0.5, 0.6) is 0 Å². The lowest BCUT2D eigenvalue weighted by Gasteiger charge is -2.54. The lowest BCUT2D eigenvalue weighted by atomic mass is 9.58. The molecule has 112 valence electrons. The average molecular weight is 390 g/mol. The van der Waals surface area contributed by atoms with Crippen LogP contribution in [0.4, 0.5) is 5.82 Å². The molecule has 1 aliphatic rings. The molecular weight excluding hydrogens is 367 g/mol. The first-order chi connectivity index (χ1) is 8.96. The Kier molecular flexibility index (Phi) is 5.76. The summed E-state index contributed by atoms with van der Waals surface area (Å²) in [5, 5.41) is 3.01. The number of methoxy groups -OCH3 is 1. The average Bonchev–Trinajstić information content (AvgIpc) is 2.37. The molecule has 0 amide bonds. The van der Waals surface area contributed by atoms with Gasteiger partial charge in [0.05, 0.1) is 12.1 Å². The summed E-state index contributed by atoms with van der Waals surface area (Å²) >= 11 is 0. The SMILES string of the molecule is COC1C(C)C(N=C(N)Nc2ccccn2)C1(C)C.I. The maximum absolute atomic E-state index is 5.94. The van der Waals surface area contributed by atoms with Crippen LogP contribution < -0.4 is 11.1 Å². The molecule has 0 aromatic carbocycles. The van der Waals surface area contributed by atoms with Crippen molar-refractivity contribution < 1.29 is 4.74 Å². The summed E-state index contributed by atoms with van der Waals surface area (Å²) in [7, 11) is 1.75. The molecule has 1 aromatic heterocycles. The lowest BCUT2D eigenvalue weighted by molar-refractivity contribution is -0.132. The predicted molar refractivity (Wildman–Crippen MR) is 92.4 cm³/mol. The van der Waals surface area contributed by atoms with Crippen molar-refractivity contribution in [3.05, 3.63) is 24.4 Å². The minimum absolute atomic E-state index is 0. The van der Waals surface area contributed by atoms with E-state index in [-0.39, 0.29) is 41.5 Å². The fraction of sp³-hybridized carbons (Fsp3) is 0.571. The van der Waals surface area contributed by atoms with Crippen LogP contribution in [-0.4, -0.2) is 30.2 Å². The molecule has 2 rings (SSSR count). The van der Waals surface area contributed by atoms with E-state index in [1.165, 1.54) is 0 Å². The largest absolute Gasteiger partial charge is 0.380 e. The fourth-order valence-electron chi connectivity index (χ4n) is 3.12. The third-order valence-corrected chi connectivity index (χ3v) is 3.92. The van der Waals surface area contributed by atoms with Crippen molar-refractivity contribution in [2.75, 3.05) is 12.4 Å². The van der Waals surface area contributed by atoms with Crippen molar-refractivity contribution in [1.29, 1.82) is 0 Å². The first-order valence-corrected chi connectivity index (χ1v) is 6.51. The molecule has 0 saturated heterocycles. The second-order valence-electron chi connectivity index (χ2n) is 5.64. The van der Waals surface area contributed by atoms with Gasteiger partial charge in [-0.1, -0.05) is 26.8 Å². The van der Waals surface area contributed by atoms with E-state index in [0.717, 1.165) is 0 Å². The molecule has 1 aliphatic carbocycles. The Morgan fingerprint density at radius 2 is 2.15 bits per heavy atom. The van der Waals surface area contributed by atoms with Crippen molar-refractivity contribution in [1.82, 2.24) is 4.98 Å². The maximum atomic E-state index is 5.94. The van der Waals surface area contributed by atoms with Crippen LogP contribution in [-0.2, 0) is 4.74 Å². The topological polar surface area (TPSA) is 72.5 Å². The Bertz CT molecular complexity index is 464. The van der Waals surface area contributed by atoms with Gasteiger partial charge in [-0.25, -0.2) is 9.98 Å². The highest BCUT2D eigenvalue weighted by atomic mass is 127. The number of aliphatic imine (C=N–C) groups is 1. The molecule has 0 radical (unpaired) electrons. The molecule has 1 fully saturated rings. The molecule has 1 aromatic rings. The summed E-state index contributed by atoms with van der Waals surface area (Å²) < 4.78 is 5.50. The third-order valence-electron chi connectivity index (χ3n) is 3.92. The Hall–Kier alpha value is -0.890. The number of hydrogen-bond donors (Lipinski definition) is 2. The number of pyridine rings is 1. The zero-order valence-electron chi connectivity index (χ0n) is 12.3. The Labute approximate surface area is 137 Å². The monoisotopic (exact) mass is 390 g/mol. The number of aromatic nitrogens is 1. The molecule has 0 aliphatic heterocycles. The summed E-state index contributed by atoms with van der Waals surface area (Å²) in [5.41, 5.74) is 5.95. The number of halogens is 1. The Morgan fingerprint density at radius 1 is 1.45 bits per heavy atom. The zero-order chi connectivity index (χ0) is 14.0. The van der Waals surface area contributed by atoms with E-state index in [1.807, 2.05) is 18.2 Å². The lowest BCUT2D eigenvalue weighted by Crippen LogP contribution is -2.61. The van der Waals surface area contributed by atoms with Crippen LogP contribution in [0.15, 0.2) is 29.4 Å². The quantitative estimate of drug-likeness (QED) is 0.473. The van der Waals surface area contributed by atoms with Gasteiger partial charge in [-0.3, -0.25) is 0 Å². The van der Waals surface area contributed by atoms with Gasteiger partial charge in [-0.05, 0) is 12.1 Å². The van der Waals surface area contributed by atoms with Crippen LogP contribution in [0.25, 0.3) is 0 Å². The fourth-order valence-corrected chi connectivity index (χ4v) is 3.12. The van der Waals surface area contributed by atoms with Crippen LogP contribution in [0.3, 0.4) is 0 Å². The molecule has 3 atom stereocenters. The summed E-state index contributed by atoms with van der Waals surface area (Å²) in [5.74, 6) is 1.47. The number of nitrogens with one attached hydrogen (secondary N) is 1. The second-order valence-corrected chi connectivity index (χ2v) is 5.64. The Morgan fingerprint density at radius 3 is 2.65 bits per heavy atom. The number of anilines is 1. The second kappa shape index (κ2) is 6.71. The third kappa shape index (κ3) is 3.22. The van der Waals surface area contributed by atoms with Gasteiger partial charge in [-0.15, -0.1) is 24.0 Å². The minimum Gasteiger partial charge on any atom is -0.380 e. The van der Waals surface area contributed by atoms with Crippen molar-refractivity contribution in [2.45, 2.75) is 32.9 Å². The van der Waals surface area contributed by atoms with Crippen LogP contribution in [0, 0.1) is 11.3 Å². The minimum atomic E-state index is 0. The van der Waals surface area contributed by atoms with Crippen molar-refractivity contribution >= 4 is 35.8 Å². The normalized spacial score (nSPS) is 28.2. The van der Waals surface area contributed by atoms with Crippen molar-refractivity contribution in [2.24, 2.45) is 22.1 Å². The highest BCUT2D eigenvalue weighted by molar-refractivity contribution is 14.0. The van der Waals surface area contributed by atoms with Crippen LogP contribution >= 0.6 is 24.0 Å². The summed E-state index contributed by atoms with van der Waals surface area (Å²) in [6, 6.07) is 5.78. The molecular formula is C14H23IN4O. The number of guanidine groups is 1. The number of nitrogens with zero attached hydrogens (tertiary/aromatic N) is 2. The molecule has 1 heterocycles. The van der Waals surface area contributed by atoms with Crippen molar-refractivity contribution in [3.63, 3.8) is 0 Å². The standard InChI is InChI=1S/C14H22N4O.HI/c1-9-11(14(2,3)12(9)19-4)18-13(15)17-10-7-5-6-8-16-10;/h5-9,11-12H,1-4H3,(H3,15,16,17,18);1H. The predicted octanol–water partition coefficient (Wildman–Crippen LogP) is 2.49. The van der Waals surface area contributed by atoms with Gasteiger partial charge in [0.25, 0.3) is 0 Å². The van der Waals surface area contributed by atoms with Gasteiger partial charge in [0, 0.05) is 24.6 Å². The van der Waals surface area contributed by atoms with E-state index in [9.17, 15) is 0 Å². The van der Waals surface area contributed by atoms with Gasteiger partial charge >= 0.3 is 0 Å². The van der Waals surface area contributed by atoms with Crippen molar-refractivity contribution in [3.8, 4) is 0 Å². The highest BCUT2D eigenvalue weighted by Gasteiger charge is 2.54. The molecule has 0 bridgehead atoms.